The van der Waals surface area contributed by atoms with Crippen LogP contribution < -0.4 is 9.64 Å². The van der Waals surface area contributed by atoms with Crippen LogP contribution in [0.3, 0.4) is 0 Å². The van der Waals surface area contributed by atoms with Crippen molar-refractivity contribution in [3.8, 4) is 5.88 Å². The zero-order valence-corrected chi connectivity index (χ0v) is 11.1. The highest BCUT2D eigenvalue weighted by Crippen LogP contribution is 2.25. The van der Waals surface area contributed by atoms with E-state index < -0.39 is 0 Å². The first kappa shape index (κ1) is 12.9. The number of hydrogen-bond donors (Lipinski definition) is 0. The first-order valence-electron chi connectivity index (χ1n) is 6.59. The fraction of sp³-hybridized carbons (Fsp3) is 0.571. The molecule has 1 fully saturated rings. The van der Waals surface area contributed by atoms with Gasteiger partial charge in [-0.2, -0.15) is 4.98 Å². The molecule has 0 aliphatic carbocycles. The molecule has 1 atom stereocenters. The second-order valence-corrected chi connectivity index (χ2v) is 4.58. The molecule has 98 valence electrons. The molecule has 2 heterocycles. The van der Waals surface area contributed by atoms with Crippen molar-refractivity contribution in [2.24, 2.45) is 0 Å². The molecule has 0 saturated carbocycles. The van der Waals surface area contributed by atoms with Gasteiger partial charge in [0.1, 0.15) is 5.82 Å². The number of nitrogens with zero attached hydrogens (tertiary/aromatic N) is 2. The molecule has 2 rings (SSSR count). The minimum atomic E-state index is -0.0249. The normalized spacial score (nSPS) is 19.7. The summed E-state index contributed by atoms with van der Waals surface area (Å²) < 4.78 is 5.41. The third-order valence-electron chi connectivity index (χ3n) is 3.27. The van der Waals surface area contributed by atoms with E-state index in [-0.39, 0.29) is 11.8 Å². The van der Waals surface area contributed by atoms with Crippen molar-refractivity contribution in [3.05, 3.63) is 18.2 Å². The molecule has 0 aromatic carbocycles. The van der Waals surface area contributed by atoms with Crippen LogP contribution in [0.2, 0.25) is 0 Å². The summed E-state index contributed by atoms with van der Waals surface area (Å²) in [6, 6.07) is 5.70. The van der Waals surface area contributed by atoms with Crippen molar-refractivity contribution < 1.29 is 9.53 Å². The highest BCUT2D eigenvalue weighted by Gasteiger charge is 2.27. The minimum absolute atomic E-state index is 0.0249. The molecule has 1 saturated heterocycles. The van der Waals surface area contributed by atoms with Gasteiger partial charge in [0.05, 0.1) is 12.6 Å². The quantitative estimate of drug-likeness (QED) is 0.820. The zero-order chi connectivity index (χ0) is 13.0. The summed E-state index contributed by atoms with van der Waals surface area (Å²) in [4.78, 5) is 18.3. The molecule has 1 aromatic heterocycles. The Morgan fingerprint density at radius 2 is 2.33 bits per heavy atom. The van der Waals surface area contributed by atoms with Gasteiger partial charge in [-0.05, 0) is 39.2 Å². The number of piperidine rings is 1. The maximum atomic E-state index is 11.7. The van der Waals surface area contributed by atoms with Crippen LogP contribution in [-0.2, 0) is 4.79 Å². The summed E-state index contributed by atoms with van der Waals surface area (Å²) in [6.45, 7) is 5.10. The molecule has 1 aromatic rings. The van der Waals surface area contributed by atoms with E-state index in [1.165, 1.54) is 0 Å². The Hall–Kier alpha value is -1.58. The van der Waals surface area contributed by atoms with Gasteiger partial charge >= 0.3 is 0 Å². The lowest BCUT2D eigenvalue weighted by Crippen LogP contribution is -2.44. The summed E-state index contributed by atoms with van der Waals surface area (Å²) in [5, 5.41) is 0. The van der Waals surface area contributed by atoms with Gasteiger partial charge in [-0.3, -0.25) is 4.79 Å². The second-order valence-electron chi connectivity index (χ2n) is 4.58. The van der Waals surface area contributed by atoms with Crippen LogP contribution in [0.4, 0.5) is 5.82 Å². The van der Waals surface area contributed by atoms with Crippen molar-refractivity contribution >= 4 is 11.6 Å². The number of rotatable bonds is 4. The van der Waals surface area contributed by atoms with Gasteiger partial charge in [0, 0.05) is 12.6 Å². The van der Waals surface area contributed by atoms with Gasteiger partial charge in [-0.1, -0.05) is 6.07 Å². The molecule has 0 bridgehead atoms. The zero-order valence-electron chi connectivity index (χ0n) is 11.1. The molecule has 1 aliphatic heterocycles. The Balaban J connectivity index is 2.22. The lowest BCUT2D eigenvalue weighted by atomic mass is 9.99. The van der Waals surface area contributed by atoms with Crippen molar-refractivity contribution in [2.75, 3.05) is 18.1 Å². The second kappa shape index (κ2) is 5.85. The molecule has 4 nitrogen and oxygen atoms in total. The molecule has 1 unspecified atom stereocenters. The molecule has 0 radical (unpaired) electrons. The summed E-state index contributed by atoms with van der Waals surface area (Å²) in [7, 11) is 0. The first-order chi connectivity index (χ1) is 8.72. The first-order valence-corrected chi connectivity index (χ1v) is 6.59. The molecule has 18 heavy (non-hydrogen) atoms. The van der Waals surface area contributed by atoms with Crippen molar-refractivity contribution in [3.63, 3.8) is 0 Å². The Labute approximate surface area is 108 Å². The van der Waals surface area contributed by atoms with Crippen LogP contribution >= 0.6 is 0 Å². The Morgan fingerprint density at radius 1 is 1.50 bits per heavy atom. The van der Waals surface area contributed by atoms with Crippen LogP contribution in [0, 0.1) is 0 Å². The van der Waals surface area contributed by atoms with E-state index in [1.54, 1.807) is 6.92 Å². The number of carbonyl (C=O) groups excluding carboxylic acids is 1. The van der Waals surface area contributed by atoms with E-state index in [1.807, 2.05) is 25.1 Å². The standard InChI is InChI=1S/C14H20N2O2/c1-3-18-14-9-6-8-13(15-14)16-10-5-4-7-12(16)11(2)17/h6,8-9,12H,3-5,7,10H2,1-2H3. The van der Waals surface area contributed by atoms with E-state index in [9.17, 15) is 4.79 Å². The van der Waals surface area contributed by atoms with Gasteiger partial charge in [-0.15, -0.1) is 0 Å². The van der Waals surface area contributed by atoms with Crippen LogP contribution in [0.25, 0.3) is 0 Å². The summed E-state index contributed by atoms with van der Waals surface area (Å²) in [6.07, 6.45) is 3.16. The van der Waals surface area contributed by atoms with Crippen LogP contribution in [-0.4, -0.2) is 30.0 Å². The molecular weight excluding hydrogens is 228 g/mol. The smallest absolute Gasteiger partial charge is 0.215 e. The lowest BCUT2D eigenvalue weighted by Gasteiger charge is -2.35. The van der Waals surface area contributed by atoms with Crippen molar-refractivity contribution in [2.45, 2.75) is 39.2 Å². The maximum Gasteiger partial charge on any atom is 0.215 e. The molecule has 4 heteroatoms. The summed E-state index contributed by atoms with van der Waals surface area (Å²) in [5.74, 6) is 1.70. The van der Waals surface area contributed by atoms with Gasteiger partial charge in [-0.25, -0.2) is 0 Å². The van der Waals surface area contributed by atoms with Crippen molar-refractivity contribution in [1.82, 2.24) is 4.98 Å². The predicted molar refractivity (Wildman–Crippen MR) is 71.1 cm³/mol. The fourth-order valence-electron chi connectivity index (χ4n) is 2.42. The van der Waals surface area contributed by atoms with E-state index in [0.717, 1.165) is 31.6 Å². The average Bonchev–Trinajstić information content (AvgIpc) is 2.39. The fourth-order valence-corrected chi connectivity index (χ4v) is 2.42. The van der Waals surface area contributed by atoms with Crippen LogP contribution in [0.15, 0.2) is 18.2 Å². The van der Waals surface area contributed by atoms with Gasteiger partial charge < -0.3 is 9.64 Å². The highest BCUT2D eigenvalue weighted by atomic mass is 16.5. The number of Topliss-reactive ketones (excluding diaryl/α,β-unsaturated/α-hetero) is 1. The lowest BCUT2D eigenvalue weighted by molar-refractivity contribution is -0.118. The third kappa shape index (κ3) is 2.81. The largest absolute Gasteiger partial charge is 0.478 e. The van der Waals surface area contributed by atoms with Crippen molar-refractivity contribution in [1.29, 1.82) is 0 Å². The number of anilines is 1. The molecule has 0 amide bonds. The van der Waals surface area contributed by atoms with E-state index in [2.05, 4.69) is 9.88 Å². The summed E-state index contributed by atoms with van der Waals surface area (Å²) >= 11 is 0. The number of ether oxygens (including phenoxy) is 1. The van der Waals surface area contributed by atoms with Gasteiger partial charge in [0.25, 0.3) is 0 Å². The summed E-state index contributed by atoms with van der Waals surface area (Å²) in [5.41, 5.74) is 0. The van der Waals surface area contributed by atoms with Crippen LogP contribution in [0.1, 0.15) is 33.1 Å². The van der Waals surface area contributed by atoms with Gasteiger partial charge in [0.15, 0.2) is 5.78 Å². The Kier molecular flexibility index (Phi) is 4.18. The third-order valence-corrected chi connectivity index (χ3v) is 3.27. The Morgan fingerprint density at radius 3 is 3.06 bits per heavy atom. The monoisotopic (exact) mass is 248 g/mol. The van der Waals surface area contributed by atoms with Gasteiger partial charge in [0.2, 0.25) is 5.88 Å². The number of pyridine rings is 1. The van der Waals surface area contributed by atoms with E-state index in [4.69, 9.17) is 4.74 Å². The van der Waals surface area contributed by atoms with E-state index >= 15 is 0 Å². The topological polar surface area (TPSA) is 42.4 Å². The molecule has 1 aliphatic rings. The Bertz CT molecular complexity index is 420. The molecular formula is C14H20N2O2. The predicted octanol–water partition coefficient (Wildman–Crippen LogP) is 2.43. The SMILES string of the molecule is CCOc1cccc(N2CCCCC2C(C)=O)n1. The maximum absolute atomic E-state index is 11.7. The average molecular weight is 248 g/mol. The molecule has 0 N–H and O–H groups in total. The molecule has 0 spiro atoms. The number of ketones is 1. The number of carbonyl (C=O) groups is 1. The van der Waals surface area contributed by atoms with E-state index in [0.29, 0.717) is 12.5 Å². The number of hydrogen-bond acceptors (Lipinski definition) is 4. The number of aromatic nitrogens is 1. The minimum Gasteiger partial charge on any atom is -0.478 e. The van der Waals surface area contributed by atoms with Crippen LogP contribution in [0.5, 0.6) is 5.88 Å². The highest BCUT2D eigenvalue weighted by molar-refractivity contribution is 5.84.